The van der Waals surface area contributed by atoms with E-state index in [4.69, 9.17) is 4.74 Å². The highest BCUT2D eigenvalue weighted by Crippen LogP contribution is 2.16. The number of aliphatic hydroxyl groups is 2. The lowest BCUT2D eigenvalue weighted by atomic mass is 10.0. The lowest BCUT2D eigenvalue weighted by molar-refractivity contribution is -0.143. The summed E-state index contributed by atoms with van der Waals surface area (Å²) in [6.07, 6.45) is 54.7. The van der Waals surface area contributed by atoms with Crippen molar-refractivity contribution in [3.8, 4) is 0 Å². The van der Waals surface area contributed by atoms with Crippen molar-refractivity contribution in [1.82, 2.24) is 5.32 Å². The molecule has 3 N–H and O–H groups in total. The van der Waals surface area contributed by atoms with Crippen LogP contribution in [0.4, 0.5) is 0 Å². The molecule has 0 heterocycles. The summed E-state index contributed by atoms with van der Waals surface area (Å²) in [5.41, 5.74) is 0. The van der Waals surface area contributed by atoms with E-state index in [1.54, 1.807) is 6.08 Å². The van der Waals surface area contributed by atoms with Gasteiger partial charge in [0, 0.05) is 12.8 Å². The molecule has 0 aromatic heterocycles. The van der Waals surface area contributed by atoms with Gasteiger partial charge in [-0.1, -0.05) is 218 Å². The second-order valence-electron chi connectivity index (χ2n) is 17.1. The van der Waals surface area contributed by atoms with E-state index in [1.165, 1.54) is 161 Å². The molecule has 0 radical (unpaired) electrons. The molecule has 0 aromatic rings. The number of rotatable bonds is 46. The first-order chi connectivity index (χ1) is 28.0. The fourth-order valence-electron chi connectivity index (χ4n) is 7.57. The molecule has 0 spiro atoms. The van der Waals surface area contributed by atoms with Crippen LogP contribution in [-0.2, 0) is 14.3 Å². The number of aliphatic hydroxyl groups excluding tert-OH is 2. The zero-order valence-electron chi connectivity index (χ0n) is 38.1. The largest absolute Gasteiger partial charge is 0.466 e. The first kappa shape index (κ1) is 55.3. The van der Waals surface area contributed by atoms with E-state index >= 15 is 0 Å². The molecule has 0 aliphatic rings. The third-order valence-electron chi connectivity index (χ3n) is 11.5. The van der Waals surface area contributed by atoms with Gasteiger partial charge in [0.15, 0.2) is 0 Å². The Hall–Kier alpha value is -1.66. The summed E-state index contributed by atoms with van der Waals surface area (Å²) in [7, 11) is 0. The number of ether oxygens (including phenoxy) is 1. The summed E-state index contributed by atoms with van der Waals surface area (Å²) >= 11 is 0. The van der Waals surface area contributed by atoms with Gasteiger partial charge < -0.3 is 20.3 Å². The number of amides is 1. The van der Waals surface area contributed by atoms with E-state index in [0.717, 1.165) is 77.0 Å². The maximum Gasteiger partial charge on any atom is 0.305 e. The summed E-state index contributed by atoms with van der Waals surface area (Å²) < 4.78 is 5.44. The van der Waals surface area contributed by atoms with Gasteiger partial charge in [-0.05, 0) is 57.8 Å². The van der Waals surface area contributed by atoms with Gasteiger partial charge in [-0.3, -0.25) is 9.59 Å². The number of carbonyl (C=O) groups excluding carboxylic acids is 2. The van der Waals surface area contributed by atoms with E-state index in [9.17, 15) is 19.8 Å². The molecule has 6 nitrogen and oxygen atoms in total. The second kappa shape index (κ2) is 47.0. The fraction of sp³-hybridized carbons (Fsp3) is 0.882. The molecule has 0 aliphatic carbocycles. The lowest BCUT2D eigenvalue weighted by Gasteiger charge is -2.20. The quantitative estimate of drug-likeness (QED) is 0.0324. The van der Waals surface area contributed by atoms with Gasteiger partial charge in [-0.15, -0.1) is 0 Å². The van der Waals surface area contributed by atoms with Crippen molar-refractivity contribution in [2.45, 2.75) is 276 Å². The molecule has 2 atom stereocenters. The molecule has 0 fully saturated rings. The molecule has 6 heteroatoms. The van der Waals surface area contributed by atoms with Crippen LogP contribution < -0.4 is 5.32 Å². The Balaban J connectivity index is 3.50. The van der Waals surface area contributed by atoms with Crippen LogP contribution in [0.2, 0.25) is 0 Å². The summed E-state index contributed by atoms with van der Waals surface area (Å²) in [6.45, 7) is 4.80. The highest BCUT2D eigenvalue weighted by atomic mass is 16.5. The predicted molar refractivity (Wildman–Crippen MR) is 246 cm³/mol. The lowest BCUT2D eigenvalue weighted by Crippen LogP contribution is -2.45. The van der Waals surface area contributed by atoms with Crippen LogP contribution in [0.15, 0.2) is 24.3 Å². The average Bonchev–Trinajstić information content (AvgIpc) is 3.21. The molecule has 57 heavy (non-hydrogen) atoms. The maximum atomic E-state index is 12.4. The number of unbranched alkanes of at least 4 members (excludes halogenated alkanes) is 33. The Morgan fingerprint density at radius 3 is 1.25 bits per heavy atom. The number of carbonyl (C=O) groups is 2. The van der Waals surface area contributed by atoms with Crippen molar-refractivity contribution in [1.29, 1.82) is 0 Å². The smallest absolute Gasteiger partial charge is 0.305 e. The van der Waals surface area contributed by atoms with Crippen molar-refractivity contribution in [2.24, 2.45) is 0 Å². The van der Waals surface area contributed by atoms with Crippen molar-refractivity contribution in [3.05, 3.63) is 24.3 Å². The van der Waals surface area contributed by atoms with Crippen LogP contribution in [0, 0.1) is 0 Å². The molecule has 2 unspecified atom stereocenters. The molecule has 0 aliphatic heterocycles. The maximum absolute atomic E-state index is 12.4. The van der Waals surface area contributed by atoms with Crippen molar-refractivity contribution < 1.29 is 24.5 Å². The van der Waals surface area contributed by atoms with Gasteiger partial charge >= 0.3 is 5.97 Å². The minimum Gasteiger partial charge on any atom is -0.466 e. The highest BCUT2D eigenvalue weighted by Gasteiger charge is 2.18. The third-order valence-corrected chi connectivity index (χ3v) is 11.5. The summed E-state index contributed by atoms with van der Waals surface area (Å²) in [5, 5.41) is 22.9. The number of hydrogen-bond acceptors (Lipinski definition) is 5. The van der Waals surface area contributed by atoms with Crippen molar-refractivity contribution in [3.63, 3.8) is 0 Å². The normalized spacial score (nSPS) is 12.8. The van der Waals surface area contributed by atoms with Crippen LogP contribution in [0.5, 0.6) is 0 Å². The van der Waals surface area contributed by atoms with Gasteiger partial charge in [-0.25, -0.2) is 0 Å². The highest BCUT2D eigenvalue weighted by molar-refractivity contribution is 5.76. The number of hydrogen-bond donors (Lipinski definition) is 3. The molecule has 1 amide bonds. The summed E-state index contributed by atoms with van der Waals surface area (Å²) in [4.78, 5) is 24.4. The summed E-state index contributed by atoms with van der Waals surface area (Å²) in [5.74, 6) is -0.139. The van der Waals surface area contributed by atoms with E-state index in [1.807, 2.05) is 6.08 Å². The summed E-state index contributed by atoms with van der Waals surface area (Å²) in [6, 6.07) is -0.651. The Morgan fingerprint density at radius 2 is 0.825 bits per heavy atom. The van der Waals surface area contributed by atoms with Gasteiger partial charge in [-0.2, -0.15) is 0 Å². The molecular weight excluding hydrogens is 707 g/mol. The first-order valence-corrected chi connectivity index (χ1v) is 25.1. The molecule has 336 valence electrons. The molecule has 0 saturated carbocycles. The zero-order valence-corrected chi connectivity index (χ0v) is 38.1. The van der Waals surface area contributed by atoms with Crippen LogP contribution in [0.3, 0.4) is 0 Å². The topological polar surface area (TPSA) is 95.9 Å². The van der Waals surface area contributed by atoms with Gasteiger partial charge in [0.2, 0.25) is 5.91 Å². The van der Waals surface area contributed by atoms with E-state index in [2.05, 4.69) is 31.3 Å². The minimum absolute atomic E-state index is 0.0345. The van der Waals surface area contributed by atoms with E-state index < -0.39 is 12.1 Å². The minimum atomic E-state index is -0.863. The second-order valence-corrected chi connectivity index (χ2v) is 17.1. The first-order valence-electron chi connectivity index (χ1n) is 25.1. The molecule has 0 rings (SSSR count). The Bertz CT molecular complexity index is 889. The zero-order chi connectivity index (χ0) is 41.5. The van der Waals surface area contributed by atoms with Crippen LogP contribution in [-0.4, -0.2) is 47.4 Å². The Labute approximate surface area is 354 Å². The molecule has 0 bridgehead atoms. The molecule has 0 saturated heterocycles. The van der Waals surface area contributed by atoms with Gasteiger partial charge in [0.1, 0.15) is 0 Å². The van der Waals surface area contributed by atoms with E-state index in [-0.39, 0.29) is 18.5 Å². The number of allylic oxidation sites excluding steroid dienone is 3. The van der Waals surface area contributed by atoms with Gasteiger partial charge in [0.05, 0.1) is 25.4 Å². The van der Waals surface area contributed by atoms with Crippen molar-refractivity contribution >= 4 is 11.9 Å². The van der Waals surface area contributed by atoms with Crippen LogP contribution in [0.25, 0.3) is 0 Å². The Morgan fingerprint density at radius 1 is 0.474 bits per heavy atom. The van der Waals surface area contributed by atoms with Crippen LogP contribution in [0.1, 0.15) is 264 Å². The number of nitrogens with one attached hydrogen (secondary N) is 1. The predicted octanol–water partition coefficient (Wildman–Crippen LogP) is 14.7. The average molecular weight is 804 g/mol. The number of esters is 1. The standard InChI is InChI=1S/C51H97NO5/c1-3-5-7-9-11-13-15-16-17-18-19-20-21-22-24-29-33-37-41-45-51(56)57-46-42-38-34-30-26-25-28-32-36-40-44-50(55)52-48(47-53)49(54)43-39-35-31-27-23-14-12-10-8-6-4-2/h26,30,39,43,48-49,53-54H,3-25,27-29,31-38,40-42,44-47H2,1-2H3,(H,52,55)/b30-26-,43-39+. The van der Waals surface area contributed by atoms with Gasteiger partial charge in [0.25, 0.3) is 0 Å². The molecule has 0 aromatic carbocycles. The Kier molecular flexibility index (Phi) is 45.7. The van der Waals surface area contributed by atoms with E-state index in [0.29, 0.717) is 19.4 Å². The van der Waals surface area contributed by atoms with Crippen molar-refractivity contribution in [2.75, 3.05) is 13.2 Å². The fourth-order valence-corrected chi connectivity index (χ4v) is 7.57. The SMILES string of the molecule is CCCCCCCCCCC/C=C/C(O)C(CO)NC(=O)CCCCCC/C=C\CCCCOC(=O)CCCCCCCCCCCCCCCCCCCCC. The molecular formula is C51H97NO5. The van der Waals surface area contributed by atoms with Crippen LogP contribution >= 0.6 is 0 Å². The third kappa shape index (κ3) is 43.7. The monoisotopic (exact) mass is 804 g/mol.